The zero-order valence-corrected chi connectivity index (χ0v) is 32.7. The van der Waals surface area contributed by atoms with Crippen LogP contribution in [0.1, 0.15) is 55.6 Å². The Bertz CT molecular complexity index is 2610. The zero-order chi connectivity index (χ0) is 41.0. The SMILES string of the molecule is Cc1ccc(C(=O)OC[C@H]2O[C@H](n3c(-c4cc5ccccc5[nH]4)c(CC(=O)N(CC(=O)O)Cc4ccccc4)c4ccccc43)CC2OC(=O)c2ccc(C)cc2)cc1. The fourth-order valence-electron chi connectivity index (χ4n) is 7.72. The standard InChI is InChI=1S/C48H43N3O8/c1-30-16-20-33(21-17-30)47(55)57-29-42-41(59-48(56)34-22-18-31(2)19-23-34)26-44(58-42)51-40-15-9-7-13-36(40)37(46(51)39-24-35-12-6-8-14-38(35)49-39)25-43(52)50(28-45(53)54)27-32-10-4-3-5-11-32/h3-24,41-42,44,49H,25-29H2,1-2H3,(H,53,54)/t41?,42-,44+/m1/s1. The maximum Gasteiger partial charge on any atom is 0.338 e. The van der Waals surface area contributed by atoms with Crippen molar-refractivity contribution in [3.8, 4) is 11.4 Å². The molecule has 11 heteroatoms. The number of carbonyl (C=O) groups excluding carboxylic acids is 3. The number of fused-ring (bicyclic) bond motifs is 2. The molecule has 0 radical (unpaired) electrons. The summed E-state index contributed by atoms with van der Waals surface area (Å²) in [5, 5.41) is 11.6. The Hall–Kier alpha value is -6.98. The predicted octanol–water partition coefficient (Wildman–Crippen LogP) is 8.43. The van der Waals surface area contributed by atoms with Gasteiger partial charge in [-0.05, 0) is 67.4 Å². The van der Waals surface area contributed by atoms with Crippen LogP contribution < -0.4 is 0 Å². The molecule has 11 nitrogen and oxygen atoms in total. The summed E-state index contributed by atoms with van der Waals surface area (Å²) < 4.78 is 20.8. The molecule has 3 heterocycles. The number of aryl methyl sites for hydroxylation is 2. The van der Waals surface area contributed by atoms with E-state index in [2.05, 4.69) is 4.98 Å². The van der Waals surface area contributed by atoms with E-state index in [9.17, 15) is 24.3 Å². The number of carboxylic acids is 1. The fourth-order valence-corrected chi connectivity index (χ4v) is 7.72. The Kier molecular flexibility index (Phi) is 11.1. The van der Waals surface area contributed by atoms with Crippen molar-refractivity contribution in [2.75, 3.05) is 13.2 Å². The van der Waals surface area contributed by atoms with Gasteiger partial charge in [0.05, 0.1) is 34.5 Å². The Morgan fingerprint density at radius 2 is 1.44 bits per heavy atom. The lowest BCUT2D eigenvalue weighted by Crippen LogP contribution is -2.36. The third-order valence-electron chi connectivity index (χ3n) is 10.7. The highest BCUT2D eigenvalue weighted by molar-refractivity contribution is 5.98. The average molecular weight is 790 g/mol. The maximum atomic E-state index is 14.4. The molecule has 8 rings (SSSR count). The van der Waals surface area contributed by atoms with Gasteiger partial charge < -0.3 is 33.8 Å². The highest BCUT2D eigenvalue weighted by Crippen LogP contribution is 2.42. The van der Waals surface area contributed by atoms with Crippen LogP contribution >= 0.6 is 0 Å². The molecule has 0 aliphatic carbocycles. The van der Waals surface area contributed by atoms with Crippen LogP contribution in [0.15, 0.2) is 133 Å². The zero-order valence-electron chi connectivity index (χ0n) is 32.7. The first kappa shape index (κ1) is 38.9. The summed E-state index contributed by atoms with van der Waals surface area (Å²) in [5.41, 5.74) is 7.25. The van der Waals surface area contributed by atoms with Crippen molar-refractivity contribution in [1.29, 1.82) is 0 Å². The fraction of sp³-hybridized carbons (Fsp3) is 0.208. The molecule has 1 aliphatic rings. The minimum Gasteiger partial charge on any atom is -0.480 e. The minimum absolute atomic E-state index is 0.117. The summed E-state index contributed by atoms with van der Waals surface area (Å²) in [5.74, 6) is -2.56. The van der Waals surface area contributed by atoms with Crippen LogP contribution in [0.5, 0.6) is 0 Å². The van der Waals surface area contributed by atoms with E-state index in [1.54, 1.807) is 24.3 Å². The van der Waals surface area contributed by atoms with Crippen molar-refractivity contribution >= 4 is 45.6 Å². The average Bonchev–Trinajstić information content (AvgIpc) is 3.94. The topological polar surface area (TPSA) is 140 Å². The van der Waals surface area contributed by atoms with Crippen LogP contribution in [-0.2, 0) is 36.8 Å². The molecule has 2 aromatic heterocycles. The number of benzene rings is 5. The third kappa shape index (κ3) is 8.51. The molecule has 59 heavy (non-hydrogen) atoms. The van der Waals surface area contributed by atoms with E-state index in [0.29, 0.717) is 28.1 Å². The number of ether oxygens (including phenoxy) is 3. The van der Waals surface area contributed by atoms with Gasteiger partial charge >= 0.3 is 17.9 Å². The highest BCUT2D eigenvalue weighted by atomic mass is 16.6. The van der Waals surface area contributed by atoms with Crippen LogP contribution in [0.2, 0.25) is 0 Å². The van der Waals surface area contributed by atoms with Crippen LogP contribution in [0.3, 0.4) is 0 Å². The maximum absolute atomic E-state index is 14.4. The van der Waals surface area contributed by atoms with Crippen molar-refractivity contribution in [2.45, 2.75) is 51.7 Å². The minimum atomic E-state index is -1.12. The Balaban J connectivity index is 1.20. The predicted molar refractivity (Wildman–Crippen MR) is 223 cm³/mol. The number of nitrogens with zero attached hydrogens (tertiary/aromatic N) is 2. The number of carboxylic acid groups (broad SMARTS) is 1. The Morgan fingerprint density at radius 1 is 0.797 bits per heavy atom. The van der Waals surface area contributed by atoms with Crippen molar-refractivity contribution in [3.05, 3.63) is 167 Å². The van der Waals surface area contributed by atoms with Gasteiger partial charge in [-0.25, -0.2) is 9.59 Å². The number of H-pyrrole nitrogens is 1. The first-order valence-electron chi connectivity index (χ1n) is 19.5. The summed E-state index contributed by atoms with van der Waals surface area (Å²) in [4.78, 5) is 58.2. The van der Waals surface area contributed by atoms with E-state index in [1.165, 1.54) is 4.90 Å². The molecular weight excluding hydrogens is 747 g/mol. The molecule has 1 unspecified atom stereocenters. The molecule has 1 fully saturated rings. The number of amides is 1. The molecule has 3 atom stereocenters. The third-order valence-corrected chi connectivity index (χ3v) is 10.7. The number of aliphatic carboxylic acids is 1. The van der Waals surface area contributed by atoms with Crippen LogP contribution in [0.4, 0.5) is 0 Å². The van der Waals surface area contributed by atoms with Gasteiger partial charge in [0, 0.05) is 29.3 Å². The number of carbonyl (C=O) groups is 4. The van der Waals surface area contributed by atoms with Crippen molar-refractivity contribution < 1.29 is 38.5 Å². The van der Waals surface area contributed by atoms with Gasteiger partial charge in [-0.15, -0.1) is 0 Å². The first-order chi connectivity index (χ1) is 28.6. The summed E-state index contributed by atoms with van der Waals surface area (Å²) in [6.07, 6.45) is -2.33. The summed E-state index contributed by atoms with van der Waals surface area (Å²) in [7, 11) is 0. The number of hydrogen-bond acceptors (Lipinski definition) is 7. The van der Waals surface area contributed by atoms with Crippen molar-refractivity contribution in [2.24, 2.45) is 0 Å². The number of aromatic amines is 1. The number of nitrogens with one attached hydrogen (secondary N) is 1. The van der Waals surface area contributed by atoms with Gasteiger partial charge in [-0.2, -0.15) is 0 Å². The molecule has 1 aliphatic heterocycles. The van der Waals surface area contributed by atoms with Crippen molar-refractivity contribution in [1.82, 2.24) is 14.5 Å². The summed E-state index contributed by atoms with van der Waals surface area (Å²) in [6.45, 7) is 3.32. The van der Waals surface area contributed by atoms with E-state index in [-0.39, 0.29) is 31.9 Å². The molecule has 1 saturated heterocycles. The van der Waals surface area contributed by atoms with Gasteiger partial charge in [0.2, 0.25) is 5.91 Å². The smallest absolute Gasteiger partial charge is 0.338 e. The number of aromatic nitrogens is 2. The van der Waals surface area contributed by atoms with Gasteiger partial charge in [0.15, 0.2) is 0 Å². The van der Waals surface area contributed by atoms with Crippen molar-refractivity contribution in [3.63, 3.8) is 0 Å². The summed E-state index contributed by atoms with van der Waals surface area (Å²) in [6, 6.07) is 41.0. The molecule has 1 amide bonds. The molecule has 7 aromatic rings. The molecule has 0 bridgehead atoms. The van der Waals surface area contributed by atoms with Crippen LogP contribution in [-0.4, -0.2) is 68.7 Å². The number of rotatable bonds is 13. The monoisotopic (exact) mass is 789 g/mol. The quantitative estimate of drug-likeness (QED) is 0.111. The van der Waals surface area contributed by atoms with Gasteiger partial charge in [-0.3, -0.25) is 9.59 Å². The van der Waals surface area contributed by atoms with Gasteiger partial charge in [0.25, 0.3) is 0 Å². The lowest BCUT2D eigenvalue weighted by Gasteiger charge is -2.22. The van der Waals surface area contributed by atoms with Crippen LogP contribution in [0.25, 0.3) is 33.2 Å². The normalized spacial score (nSPS) is 16.3. The van der Waals surface area contributed by atoms with Gasteiger partial charge in [0.1, 0.15) is 31.6 Å². The highest BCUT2D eigenvalue weighted by Gasteiger charge is 2.42. The van der Waals surface area contributed by atoms with Gasteiger partial charge in [-0.1, -0.05) is 102 Å². The van der Waals surface area contributed by atoms with E-state index in [4.69, 9.17) is 14.2 Å². The van der Waals surface area contributed by atoms with E-state index in [1.807, 2.05) is 128 Å². The first-order valence-corrected chi connectivity index (χ1v) is 19.5. The molecule has 0 saturated carbocycles. The summed E-state index contributed by atoms with van der Waals surface area (Å²) >= 11 is 0. The Morgan fingerprint density at radius 3 is 2.14 bits per heavy atom. The number of hydrogen-bond donors (Lipinski definition) is 2. The molecular formula is C48H43N3O8. The lowest BCUT2D eigenvalue weighted by molar-refractivity contribution is -0.144. The molecule has 298 valence electrons. The number of para-hydroxylation sites is 2. The molecule has 0 spiro atoms. The van der Waals surface area contributed by atoms with E-state index < -0.39 is 42.9 Å². The molecule has 5 aromatic carbocycles. The Labute approximate surface area is 340 Å². The largest absolute Gasteiger partial charge is 0.480 e. The lowest BCUT2D eigenvalue weighted by atomic mass is 10.0. The molecule has 2 N–H and O–H groups in total. The van der Waals surface area contributed by atoms with E-state index in [0.717, 1.165) is 38.5 Å². The second kappa shape index (κ2) is 16.9. The second-order valence-electron chi connectivity index (χ2n) is 14.9. The number of esters is 2. The van der Waals surface area contributed by atoms with Crippen LogP contribution in [0, 0.1) is 13.8 Å². The van der Waals surface area contributed by atoms with E-state index >= 15 is 0 Å². The second-order valence-corrected chi connectivity index (χ2v) is 14.9.